The minimum atomic E-state index is -2.81. The molecule has 0 heterocycles. The summed E-state index contributed by atoms with van der Waals surface area (Å²) in [5, 5.41) is 5.57. The molecule has 1 aliphatic rings. The van der Waals surface area contributed by atoms with E-state index in [1.807, 2.05) is 0 Å². The number of carbonyl (C=O) groups is 1. The Labute approximate surface area is 116 Å². The maximum absolute atomic E-state index is 12.0. The number of nitrogens with one attached hydrogen (secondary N) is 2. The van der Waals surface area contributed by atoms with Gasteiger partial charge >= 0.3 is 12.6 Å². The topological polar surface area (TPSA) is 50.4 Å². The van der Waals surface area contributed by atoms with Crippen LogP contribution in [0.15, 0.2) is 24.3 Å². The second-order valence-electron chi connectivity index (χ2n) is 4.85. The van der Waals surface area contributed by atoms with Gasteiger partial charge in [-0.25, -0.2) is 4.79 Å². The number of rotatable bonds is 7. The summed E-state index contributed by atoms with van der Waals surface area (Å²) in [6.07, 6.45) is 3.05. The van der Waals surface area contributed by atoms with Gasteiger partial charge in [-0.2, -0.15) is 8.78 Å². The highest BCUT2D eigenvalue weighted by atomic mass is 19.3. The van der Waals surface area contributed by atoms with Gasteiger partial charge in [0.2, 0.25) is 0 Å². The van der Waals surface area contributed by atoms with Gasteiger partial charge in [-0.05, 0) is 42.9 Å². The van der Waals surface area contributed by atoms with Crippen LogP contribution in [0.2, 0.25) is 0 Å². The quantitative estimate of drug-likeness (QED) is 0.808. The zero-order valence-electron chi connectivity index (χ0n) is 11.1. The fraction of sp³-hybridized carbons (Fsp3) is 0.500. The van der Waals surface area contributed by atoms with Gasteiger partial charge < -0.3 is 15.4 Å². The SMILES string of the molecule is O=C(NCCc1ccc(OC(F)F)cc1)NCC1CC1. The number of amides is 2. The number of carbonyl (C=O) groups excluding carboxylic acids is 1. The van der Waals surface area contributed by atoms with Gasteiger partial charge in [-0.15, -0.1) is 0 Å². The zero-order valence-corrected chi connectivity index (χ0v) is 11.1. The number of halogens is 2. The first-order valence-corrected chi connectivity index (χ1v) is 6.69. The first-order valence-electron chi connectivity index (χ1n) is 6.69. The van der Waals surface area contributed by atoms with E-state index in [1.165, 1.54) is 25.0 Å². The van der Waals surface area contributed by atoms with Gasteiger partial charge in [-0.3, -0.25) is 0 Å². The summed E-state index contributed by atoms with van der Waals surface area (Å²) in [6, 6.07) is 6.25. The summed E-state index contributed by atoms with van der Waals surface area (Å²) in [5.74, 6) is 0.794. The molecule has 1 saturated carbocycles. The summed E-state index contributed by atoms with van der Waals surface area (Å²) in [6.45, 7) is -1.56. The summed E-state index contributed by atoms with van der Waals surface area (Å²) >= 11 is 0. The molecule has 0 aromatic heterocycles. The van der Waals surface area contributed by atoms with E-state index in [1.54, 1.807) is 12.1 Å². The molecule has 0 aliphatic heterocycles. The van der Waals surface area contributed by atoms with Crippen molar-refractivity contribution in [2.75, 3.05) is 13.1 Å². The van der Waals surface area contributed by atoms with Gasteiger partial charge in [0.05, 0.1) is 0 Å². The highest BCUT2D eigenvalue weighted by Gasteiger charge is 2.21. The molecule has 2 amide bonds. The molecule has 1 aliphatic carbocycles. The van der Waals surface area contributed by atoms with Crippen LogP contribution in [0.3, 0.4) is 0 Å². The minimum Gasteiger partial charge on any atom is -0.435 e. The predicted octanol–water partition coefficient (Wildman–Crippen LogP) is 2.54. The van der Waals surface area contributed by atoms with Crippen LogP contribution in [0.5, 0.6) is 5.75 Å². The van der Waals surface area contributed by atoms with E-state index in [0.717, 1.165) is 12.1 Å². The number of ether oxygens (including phenoxy) is 1. The van der Waals surface area contributed by atoms with Gasteiger partial charge in [0.1, 0.15) is 5.75 Å². The van der Waals surface area contributed by atoms with E-state index < -0.39 is 6.61 Å². The lowest BCUT2D eigenvalue weighted by Gasteiger charge is -2.08. The minimum absolute atomic E-state index is 0.138. The van der Waals surface area contributed by atoms with Crippen molar-refractivity contribution in [3.8, 4) is 5.75 Å². The van der Waals surface area contributed by atoms with E-state index >= 15 is 0 Å². The molecular formula is C14H18F2N2O2. The Morgan fingerprint density at radius 3 is 2.55 bits per heavy atom. The molecule has 1 aromatic carbocycles. The van der Waals surface area contributed by atoms with Crippen LogP contribution in [0.1, 0.15) is 18.4 Å². The Morgan fingerprint density at radius 1 is 1.25 bits per heavy atom. The number of benzene rings is 1. The fourth-order valence-corrected chi connectivity index (χ4v) is 1.78. The fourth-order valence-electron chi connectivity index (χ4n) is 1.78. The molecular weight excluding hydrogens is 266 g/mol. The number of hydrogen-bond acceptors (Lipinski definition) is 2. The molecule has 2 N–H and O–H groups in total. The largest absolute Gasteiger partial charge is 0.435 e. The van der Waals surface area contributed by atoms with Crippen LogP contribution in [-0.2, 0) is 6.42 Å². The van der Waals surface area contributed by atoms with Crippen LogP contribution in [0, 0.1) is 5.92 Å². The normalized spacial score (nSPS) is 14.2. The van der Waals surface area contributed by atoms with Crippen molar-refractivity contribution in [1.29, 1.82) is 0 Å². The van der Waals surface area contributed by atoms with Crippen LogP contribution in [0.25, 0.3) is 0 Å². The molecule has 0 atom stereocenters. The van der Waals surface area contributed by atoms with Crippen molar-refractivity contribution in [3.05, 3.63) is 29.8 Å². The smallest absolute Gasteiger partial charge is 0.387 e. The number of urea groups is 1. The molecule has 4 nitrogen and oxygen atoms in total. The van der Waals surface area contributed by atoms with E-state index in [2.05, 4.69) is 15.4 Å². The molecule has 1 aromatic rings. The molecule has 0 bridgehead atoms. The lowest BCUT2D eigenvalue weighted by Crippen LogP contribution is -2.37. The molecule has 1 fully saturated rings. The molecule has 20 heavy (non-hydrogen) atoms. The summed E-state index contributed by atoms with van der Waals surface area (Å²) in [5.41, 5.74) is 0.953. The first kappa shape index (κ1) is 14.6. The van der Waals surface area contributed by atoms with Crippen molar-refractivity contribution in [2.24, 2.45) is 5.92 Å². The summed E-state index contributed by atoms with van der Waals surface area (Å²) < 4.78 is 28.2. The third-order valence-corrected chi connectivity index (χ3v) is 3.10. The van der Waals surface area contributed by atoms with E-state index in [0.29, 0.717) is 18.9 Å². The Morgan fingerprint density at radius 2 is 1.95 bits per heavy atom. The Bertz CT molecular complexity index is 433. The van der Waals surface area contributed by atoms with E-state index in [9.17, 15) is 13.6 Å². The molecule has 0 spiro atoms. The predicted molar refractivity (Wildman–Crippen MR) is 70.9 cm³/mol. The van der Waals surface area contributed by atoms with Crippen LogP contribution in [0.4, 0.5) is 13.6 Å². The van der Waals surface area contributed by atoms with Crippen molar-refractivity contribution in [3.63, 3.8) is 0 Å². The van der Waals surface area contributed by atoms with Crippen molar-refractivity contribution in [1.82, 2.24) is 10.6 Å². The van der Waals surface area contributed by atoms with Crippen molar-refractivity contribution in [2.45, 2.75) is 25.9 Å². The molecule has 6 heteroatoms. The molecule has 0 saturated heterocycles. The zero-order chi connectivity index (χ0) is 14.4. The highest BCUT2D eigenvalue weighted by Crippen LogP contribution is 2.27. The molecule has 0 radical (unpaired) electrons. The lowest BCUT2D eigenvalue weighted by molar-refractivity contribution is -0.0498. The van der Waals surface area contributed by atoms with Gasteiger partial charge in [0.15, 0.2) is 0 Å². The molecule has 0 unspecified atom stereocenters. The Hall–Kier alpha value is -1.85. The molecule has 110 valence electrons. The number of alkyl halides is 2. The van der Waals surface area contributed by atoms with Crippen LogP contribution < -0.4 is 15.4 Å². The standard InChI is InChI=1S/C14H18F2N2O2/c15-13(16)20-12-5-3-10(4-6-12)7-8-17-14(19)18-9-11-1-2-11/h3-6,11,13H,1-2,7-9H2,(H2,17,18,19). The van der Waals surface area contributed by atoms with Gasteiger partial charge in [0, 0.05) is 13.1 Å². The number of hydrogen-bond donors (Lipinski definition) is 2. The maximum atomic E-state index is 12.0. The van der Waals surface area contributed by atoms with E-state index in [-0.39, 0.29) is 11.8 Å². The van der Waals surface area contributed by atoms with E-state index in [4.69, 9.17) is 0 Å². The lowest BCUT2D eigenvalue weighted by atomic mass is 10.1. The summed E-state index contributed by atoms with van der Waals surface area (Å²) in [7, 11) is 0. The monoisotopic (exact) mass is 284 g/mol. The van der Waals surface area contributed by atoms with Crippen LogP contribution >= 0.6 is 0 Å². The van der Waals surface area contributed by atoms with Gasteiger partial charge in [0.25, 0.3) is 0 Å². The highest BCUT2D eigenvalue weighted by molar-refractivity contribution is 5.73. The Balaban J connectivity index is 1.64. The maximum Gasteiger partial charge on any atom is 0.387 e. The average Bonchev–Trinajstić information content (AvgIpc) is 3.22. The first-order chi connectivity index (χ1) is 9.63. The third kappa shape index (κ3) is 5.42. The van der Waals surface area contributed by atoms with Crippen LogP contribution in [-0.4, -0.2) is 25.7 Å². The second-order valence-corrected chi connectivity index (χ2v) is 4.85. The second kappa shape index (κ2) is 7.07. The summed E-state index contributed by atoms with van der Waals surface area (Å²) in [4.78, 5) is 11.4. The van der Waals surface area contributed by atoms with Crippen molar-refractivity contribution >= 4 is 6.03 Å². The van der Waals surface area contributed by atoms with Gasteiger partial charge in [-0.1, -0.05) is 12.1 Å². The van der Waals surface area contributed by atoms with Crippen molar-refractivity contribution < 1.29 is 18.3 Å². The average molecular weight is 284 g/mol. The molecule has 2 rings (SSSR count). The Kier molecular flexibility index (Phi) is 5.15. The third-order valence-electron chi connectivity index (χ3n) is 3.10.